The van der Waals surface area contributed by atoms with Gasteiger partial charge in [0.15, 0.2) is 5.17 Å². The zero-order valence-corrected chi connectivity index (χ0v) is 20.5. The lowest BCUT2D eigenvalue weighted by atomic mass is 9.93. The van der Waals surface area contributed by atoms with Crippen LogP contribution in [0.25, 0.3) is 0 Å². The number of rotatable bonds is 7. The van der Waals surface area contributed by atoms with Crippen molar-refractivity contribution in [2.75, 3.05) is 13.2 Å². The summed E-state index contributed by atoms with van der Waals surface area (Å²) in [5, 5.41) is 6.13. The lowest BCUT2D eigenvalue weighted by Gasteiger charge is -2.36. The van der Waals surface area contributed by atoms with Crippen LogP contribution in [0, 0.1) is 0 Å². The quantitative estimate of drug-likeness (QED) is 0.566. The van der Waals surface area contributed by atoms with Gasteiger partial charge in [0, 0.05) is 23.9 Å². The van der Waals surface area contributed by atoms with Crippen molar-refractivity contribution in [2.45, 2.75) is 58.3 Å². The predicted molar refractivity (Wildman–Crippen MR) is 130 cm³/mol. The van der Waals surface area contributed by atoms with E-state index in [0.717, 1.165) is 30.7 Å². The molecule has 3 heterocycles. The van der Waals surface area contributed by atoms with Gasteiger partial charge >= 0.3 is 5.97 Å². The van der Waals surface area contributed by atoms with Gasteiger partial charge in [-0.1, -0.05) is 41.6 Å². The summed E-state index contributed by atoms with van der Waals surface area (Å²) in [5.41, 5.74) is 2.53. The number of nitrogens with one attached hydrogen (secondary N) is 1. The van der Waals surface area contributed by atoms with E-state index >= 15 is 0 Å². The molecule has 2 unspecified atom stereocenters. The number of carbonyl (C=O) groups excluding carboxylic acids is 2. The number of aliphatic imine (C=N–C) groups is 1. The highest BCUT2D eigenvalue weighted by atomic mass is 35.5. The summed E-state index contributed by atoms with van der Waals surface area (Å²) < 4.78 is 11.2. The molecule has 2 atom stereocenters. The maximum atomic E-state index is 13.1. The highest BCUT2D eigenvalue weighted by molar-refractivity contribution is 8.16. The van der Waals surface area contributed by atoms with Gasteiger partial charge < -0.3 is 19.7 Å². The average molecular weight is 490 g/mol. The molecule has 0 saturated carbocycles. The summed E-state index contributed by atoms with van der Waals surface area (Å²) in [6.07, 6.45) is 1.94. The summed E-state index contributed by atoms with van der Waals surface area (Å²) in [4.78, 5) is 32.5. The van der Waals surface area contributed by atoms with Crippen LogP contribution >= 0.6 is 23.4 Å². The first-order chi connectivity index (χ1) is 15.8. The molecule has 1 N–H and O–H groups in total. The largest absolute Gasteiger partial charge is 0.459 e. The van der Waals surface area contributed by atoms with Crippen molar-refractivity contribution in [2.24, 2.45) is 4.99 Å². The number of nitrogens with zero attached hydrogens (tertiary/aromatic N) is 2. The van der Waals surface area contributed by atoms with Gasteiger partial charge in [-0.2, -0.15) is 0 Å². The van der Waals surface area contributed by atoms with Crippen molar-refractivity contribution in [3.8, 4) is 0 Å². The number of esters is 1. The Morgan fingerprint density at radius 3 is 2.85 bits per heavy atom. The van der Waals surface area contributed by atoms with Gasteiger partial charge in [0.25, 0.3) is 0 Å². The molecule has 0 aromatic heterocycles. The number of thioether (sulfide) groups is 1. The molecule has 0 aliphatic carbocycles. The molecular formula is C24H28ClN3O4S. The van der Waals surface area contributed by atoms with E-state index in [1.54, 1.807) is 13.0 Å². The third-order valence-corrected chi connectivity index (χ3v) is 6.89. The molecule has 4 rings (SSSR count). The topological polar surface area (TPSA) is 80.2 Å². The average Bonchev–Trinajstić information content (AvgIpc) is 3.41. The van der Waals surface area contributed by atoms with Crippen molar-refractivity contribution >= 4 is 40.4 Å². The summed E-state index contributed by atoms with van der Waals surface area (Å²) in [6, 6.07) is 6.88. The van der Waals surface area contributed by atoms with E-state index < -0.39 is 12.0 Å². The minimum atomic E-state index is -0.537. The number of benzene rings is 1. The van der Waals surface area contributed by atoms with Crippen molar-refractivity contribution in [3.63, 3.8) is 0 Å². The summed E-state index contributed by atoms with van der Waals surface area (Å²) >= 11 is 8.02. The standard InChI is InChI=1S/C24H28ClN3O4S/c1-14(2)32-23(30)21-15(3)27-24-28(22(21)18-8-4-5-9-19(18)25)16(13-33-24)11-20(29)26-12-17-7-6-10-31-17/h4-5,8-9,13-14,17,22H,6-7,10-12H2,1-3H3,(H,26,29). The number of amidine groups is 1. The molecular weight excluding hydrogens is 462 g/mol. The fourth-order valence-corrected chi connectivity index (χ4v) is 5.36. The highest BCUT2D eigenvalue weighted by Gasteiger charge is 2.42. The monoisotopic (exact) mass is 489 g/mol. The molecule has 0 radical (unpaired) electrons. The summed E-state index contributed by atoms with van der Waals surface area (Å²) in [6.45, 7) is 6.67. The predicted octanol–water partition coefficient (Wildman–Crippen LogP) is 4.55. The van der Waals surface area contributed by atoms with E-state index in [1.807, 2.05) is 42.4 Å². The fourth-order valence-electron chi connectivity index (χ4n) is 4.16. The molecule has 1 aromatic carbocycles. The maximum absolute atomic E-state index is 13.1. The molecule has 1 aromatic rings. The van der Waals surface area contributed by atoms with Crippen LogP contribution in [0.3, 0.4) is 0 Å². The molecule has 3 aliphatic rings. The van der Waals surface area contributed by atoms with Crippen molar-refractivity contribution in [1.82, 2.24) is 10.2 Å². The number of halogens is 1. The first kappa shape index (κ1) is 23.9. The third-order valence-electron chi connectivity index (χ3n) is 5.66. The Hall–Kier alpha value is -2.29. The molecule has 0 bridgehead atoms. The Labute approximate surface area is 203 Å². The lowest BCUT2D eigenvalue weighted by molar-refractivity contribution is -0.143. The normalized spacial score (nSPS) is 22.3. The Morgan fingerprint density at radius 2 is 2.15 bits per heavy atom. The van der Waals surface area contributed by atoms with Crippen molar-refractivity contribution in [1.29, 1.82) is 0 Å². The summed E-state index contributed by atoms with van der Waals surface area (Å²) in [5.74, 6) is -0.539. The van der Waals surface area contributed by atoms with Crippen LogP contribution in [0.1, 0.15) is 51.6 Å². The second-order valence-electron chi connectivity index (χ2n) is 8.48. The molecule has 3 aliphatic heterocycles. The first-order valence-corrected chi connectivity index (χ1v) is 12.4. The minimum absolute atomic E-state index is 0.0758. The SMILES string of the molecule is CC1=C(C(=O)OC(C)C)C(c2ccccc2Cl)N2C(CC(=O)NCC3CCCO3)=CSC2=N1. The fraction of sp³-hybridized carbons (Fsp3) is 0.458. The molecule has 0 spiro atoms. The van der Waals surface area contributed by atoms with Crippen LogP contribution in [-0.2, 0) is 19.1 Å². The lowest BCUT2D eigenvalue weighted by Crippen LogP contribution is -2.39. The number of ether oxygens (including phenoxy) is 2. The number of hydrogen-bond acceptors (Lipinski definition) is 7. The highest BCUT2D eigenvalue weighted by Crippen LogP contribution is 2.46. The van der Waals surface area contributed by atoms with Gasteiger partial charge in [-0.05, 0) is 50.7 Å². The van der Waals surface area contributed by atoms with Crippen LogP contribution in [0.5, 0.6) is 0 Å². The number of amides is 1. The van der Waals surface area contributed by atoms with E-state index in [4.69, 9.17) is 21.1 Å². The van der Waals surface area contributed by atoms with Crippen LogP contribution in [-0.4, -0.2) is 47.3 Å². The Balaban J connectivity index is 1.62. The van der Waals surface area contributed by atoms with E-state index in [1.165, 1.54) is 11.8 Å². The van der Waals surface area contributed by atoms with E-state index in [0.29, 0.717) is 28.0 Å². The number of fused-ring (bicyclic) bond motifs is 1. The van der Waals surface area contributed by atoms with Crippen LogP contribution in [0.2, 0.25) is 5.02 Å². The Bertz CT molecular complexity index is 1030. The van der Waals surface area contributed by atoms with E-state index in [-0.39, 0.29) is 24.5 Å². The first-order valence-electron chi connectivity index (χ1n) is 11.1. The Kier molecular flexibility index (Phi) is 7.46. The maximum Gasteiger partial charge on any atom is 0.338 e. The second kappa shape index (κ2) is 10.3. The molecule has 7 nitrogen and oxygen atoms in total. The van der Waals surface area contributed by atoms with Crippen LogP contribution in [0.4, 0.5) is 0 Å². The van der Waals surface area contributed by atoms with Gasteiger partial charge in [-0.15, -0.1) is 0 Å². The number of carbonyl (C=O) groups is 2. The number of allylic oxidation sites excluding steroid dienone is 1. The smallest absolute Gasteiger partial charge is 0.338 e. The zero-order chi connectivity index (χ0) is 23.5. The molecule has 33 heavy (non-hydrogen) atoms. The molecule has 176 valence electrons. The van der Waals surface area contributed by atoms with Crippen LogP contribution in [0.15, 0.2) is 51.6 Å². The van der Waals surface area contributed by atoms with Gasteiger partial charge in [0.1, 0.15) is 0 Å². The van der Waals surface area contributed by atoms with Gasteiger partial charge in [-0.3, -0.25) is 4.79 Å². The molecule has 9 heteroatoms. The molecule has 1 fully saturated rings. The minimum Gasteiger partial charge on any atom is -0.459 e. The number of hydrogen-bond donors (Lipinski definition) is 1. The van der Waals surface area contributed by atoms with Gasteiger partial charge in [0.05, 0.1) is 35.9 Å². The summed E-state index contributed by atoms with van der Waals surface area (Å²) in [7, 11) is 0. The zero-order valence-electron chi connectivity index (χ0n) is 19.0. The van der Waals surface area contributed by atoms with E-state index in [9.17, 15) is 9.59 Å². The van der Waals surface area contributed by atoms with E-state index in [2.05, 4.69) is 10.3 Å². The van der Waals surface area contributed by atoms with Crippen LogP contribution < -0.4 is 5.32 Å². The Morgan fingerprint density at radius 1 is 1.36 bits per heavy atom. The second-order valence-corrected chi connectivity index (χ2v) is 9.73. The molecule has 1 amide bonds. The van der Waals surface area contributed by atoms with Gasteiger partial charge in [-0.25, -0.2) is 9.79 Å². The van der Waals surface area contributed by atoms with Gasteiger partial charge in [0.2, 0.25) is 5.91 Å². The van der Waals surface area contributed by atoms with Crippen molar-refractivity contribution < 1.29 is 19.1 Å². The third kappa shape index (κ3) is 5.28. The molecule has 1 saturated heterocycles. The van der Waals surface area contributed by atoms with Crippen molar-refractivity contribution in [3.05, 3.63) is 57.2 Å².